The first kappa shape index (κ1) is 17.6. The van der Waals surface area contributed by atoms with Crippen LogP contribution in [0.3, 0.4) is 0 Å². The van der Waals surface area contributed by atoms with Gasteiger partial charge in [-0.1, -0.05) is 12.1 Å². The van der Waals surface area contributed by atoms with Gasteiger partial charge in [-0.05, 0) is 46.9 Å². The third kappa shape index (κ3) is 3.42. The molecule has 0 spiro atoms. The van der Waals surface area contributed by atoms with Gasteiger partial charge in [-0.3, -0.25) is 4.79 Å². The Labute approximate surface area is 169 Å². The molecule has 3 aromatic rings. The SMILES string of the molecule is N#Cc1nc(-c2ccco2)oc1N1CCN(C(=O)c2ccccc2I)CC1. The number of nitrogens with zero attached hydrogens (tertiary/aromatic N) is 4. The molecule has 0 N–H and O–H groups in total. The fraction of sp³-hybridized carbons (Fsp3) is 0.211. The fourth-order valence-corrected chi connectivity index (χ4v) is 3.64. The molecule has 0 radical (unpaired) electrons. The smallest absolute Gasteiger partial charge is 0.266 e. The highest BCUT2D eigenvalue weighted by molar-refractivity contribution is 14.1. The highest BCUT2D eigenvalue weighted by atomic mass is 127. The summed E-state index contributed by atoms with van der Waals surface area (Å²) in [6.07, 6.45) is 1.53. The molecule has 0 bridgehead atoms. The van der Waals surface area contributed by atoms with Crippen molar-refractivity contribution in [3.05, 3.63) is 57.5 Å². The Morgan fingerprint density at radius 2 is 1.93 bits per heavy atom. The Morgan fingerprint density at radius 3 is 2.59 bits per heavy atom. The van der Waals surface area contributed by atoms with Crippen LogP contribution in [0.4, 0.5) is 5.88 Å². The summed E-state index contributed by atoms with van der Waals surface area (Å²) in [5.74, 6) is 1.20. The molecule has 1 aliphatic rings. The van der Waals surface area contributed by atoms with E-state index in [2.05, 4.69) is 33.6 Å². The first-order chi connectivity index (χ1) is 13.2. The molecule has 0 atom stereocenters. The number of carbonyl (C=O) groups is 1. The summed E-state index contributed by atoms with van der Waals surface area (Å²) in [5, 5.41) is 9.38. The Balaban J connectivity index is 1.49. The summed E-state index contributed by atoms with van der Waals surface area (Å²) in [4.78, 5) is 20.7. The van der Waals surface area contributed by atoms with Crippen molar-refractivity contribution in [1.82, 2.24) is 9.88 Å². The topological polar surface area (TPSA) is 86.5 Å². The summed E-state index contributed by atoms with van der Waals surface area (Å²) in [7, 11) is 0. The normalized spacial score (nSPS) is 14.2. The monoisotopic (exact) mass is 474 g/mol. The summed E-state index contributed by atoms with van der Waals surface area (Å²) in [6, 6.07) is 13.1. The molecule has 0 aliphatic carbocycles. The third-order valence-electron chi connectivity index (χ3n) is 4.41. The van der Waals surface area contributed by atoms with E-state index in [9.17, 15) is 10.1 Å². The predicted molar refractivity (Wildman–Crippen MR) is 106 cm³/mol. The van der Waals surface area contributed by atoms with Gasteiger partial charge in [0.1, 0.15) is 6.07 Å². The van der Waals surface area contributed by atoms with Crippen molar-refractivity contribution in [1.29, 1.82) is 5.26 Å². The molecule has 27 heavy (non-hydrogen) atoms. The fourth-order valence-electron chi connectivity index (χ4n) is 3.02. The molecule has 1 amide bonds. The lowest BCUT2D eigenvalue weighted by atomic mass is 10.2. The van der Waals surface area contributed by atoms with Crippen molar-refractivity contribution in [2.75, 3.05) is 31.1 Å². The van der Waals surface area contributed by atoms with E-state index in [0.29, 0.717) is 43.4 Å². The van der Waals surface area contributed by atoms with E-state index in [4.69, 9.17) is 8.83 Å². The lowest BCUT2D eigenvalue weighted by Gasteiger charge is -2.34. The third-order valence-corrected chi connectivity index (χ3v) is 5.35. The van der Waals surface area contributed by atoms with Crippen LogP contribution in [0.5, 0.6) is 0 Å². The molecule has 1 saturated heterocycles. The van der Waals surface area contributed by atoms with Gasteiger partial charge in [0.2, 0.25) is 11.6 Å². The zero-order valence-electron chi connectivity index (χ0n) is 14.3. The number of benzene rings is 1. The lowest BCUT2D eigenvalue weighted by molar-refractivity contribution is 0.0744. The average Bonchev–Trinajstić information content (AvgIpc) is 3.37. The summed E-state index contributed by atoms with van der Waals surface area (Å²) in [5.41, 5.74) is 0.933. The number of oxazole rings is 1. The van der Waals surface area contributed by atoms with E-state index in [0.717, 1.165) is 3.57 Å². The minimum atomic E-state index is 0.0222. The van der Waals surface area contributed by atoms with Gasteiger partial charge in [0.05, 0.1) is 11.8 Å². The standard InChI is InChI=1S/C19H15IN4O3/c20-14-5-2-1-4-13(14)18(25)23-7-9-24(10-8-23)19-15(12-21)22-17(27-19)16-6-3-11-26-16/h1-6,11H,7-10H2. The number of furan rings is 1. The molecule has 0 saturated carbocycles. The maximum atomic E-state index is 12.7. The number of nitriles is 1. The molecule has 2 aromatic heterocycles. The number of aromatic nitrogens is 1. The van der Waals surface area contributed by atoms with Gasteiger partial charge in [-0.25, -0.2) is 0 Å². The number of piperazine rings is 1. The van der Waals surface area contributed by atoms with Crippen LogP contribution >= 0.6 is 22.6 Å². The minimum absolute atomic E-state index is 0.0222. The van der Waals surface area contributed by atoms with Crippen LogP contribution in [0.15, 0.2) is 51.5 Å². The second kappa shape index (κ2) is 7.44. The van der Waals surface area contributed by atoms with Crippen LogP contribution in [0.1, 0.15) is 16.1 Å². The number of hydrogen-bond donors (Lipinski definition) is 0. The molecule has 3 heterocycles. The molecular weight excluding hydrogens is 459 g/mol. The Hall–Kier alpha value is -2.80. The maximum Gasteiger partial charge on any atom is 0.266 e. The summed E-state index contributed by atoms with van der Waals surface area (Å²) in [6.45, 7) is 2.23. The van der Waals surface area contributed by atoms with Crippen molar-refractivity contribution in [3.63, 3.8) is 0 Å². The van der Waals surface area contributed by atoms with Crippen LogP contribution in [0.2, 0.25) is 0 Å². The van der Waals surface area contributed by atoms with Gasteiger partial charge in [0, 0.05) is 29.7 Å². The molecule has 4 rings (SSSR count). The van der Waals surface area contributed by atoms with Crippen molar-refractivity contribution in [3.8, 4) is 17.7 Å². The van der Waals surface area contributed by atoms with Crippen LogP contribution in [0, 0.1) is 14.9 Å². The van der Waals surface area contributed by atoms with E-state index in [-0.39, 0.29) is 17.5 Å². The largest absolute Gasteiger partial charge is 0.459 e. The molecular formula is C19H15IN4O3. The van der Waals surface area contributed by atoms with Crippen LogP contribution in [-0.4, -0.2) is 42.0 Å². The van der Waals surface area contributed by atoms with E-state index >= 15 is 0 Å². The zero-order valence-corrected chi connectivity index (χ0v) is 16.4. The molecule has 1 aliphatic heterocycles. The number of halogens is 1. The predicted octanol–water partition coefficient (Wildman–Crippen LogP) is 3.37. The Bertz CT molecular complexity index is 998. The van der Waals surface area contributed by atoms with Crippen LogP contribution in [-0.2, 0) is 0 Å². The molecule has 7 nitrogen and oxygen atoms in total. The van der Waals surface area contributed by atoms with Gasteiger partial charge in [-0.15, -0.1) is 0 Å². The van der Waals surface area contributed by atoms with E-state index < -0.39 is 0 Å². The average molecular weight is 474 g/mol. The number of hydrogen-bond acceptors (Lipinski definition) is 6. The number of amides is 1. The first-order valence-electron chi connectivity index (χ1n) is 8.41. The minimum Gasteiger partial charge on any atom is -0.459 e. The number of carbonyl (C=O) groups excluding carboxylic acids is 1. The van der Waals surface area contributed by atoms with E-state index in [1.165, 1.54) is 6.26 Å². The van der Waals surface area contributed by atoms with E-state index in [1.807, 2.05) is 34.1 Å². The van der Waals surface area contributed by atoms with E-state index in [1.54, 1.807) is 12.1 Å². The molecule has 0 unspecified atom stereocenters. The van der Waals surface area contributed by atoms with Crippen molar-refractivity contribution in [2.24, 2.45) is 0 Å². The summed E-state index contributed by atoms with van der Waals surface area (Å²) < 4.78 is 12.0. The summed E-state index contributed by atoms with van der Waals surface area (Å²) >= 11 is 2.18. The lowest BCUT2D eigenvalue weighted by Crippen LogP contribution is -2.49. The van der Waals surface area contributed by atoms with Gasteiger partial charge < -0.3 is 18.6 Å². The Morgan fingerprint density at radius 1 is 1.15 bits per heavy atom. The van der Waals surface area contributed by atoms with Gasteiger partial charge in [0.15, 0.2) is 5.76 Å². The highest BCUT2D eigenvalue weighted by Gasteiger charge is 2.28. The second-order valence-corrected chi connectivity index (χ2v) is 7.18. The number of rotatable bonds is 3. The van der Waals surface area contributed by atoms with Gasteiger partial charge in [0.25, 0.3) is 11.8 Å². The van der Waals surface area contributed by atoms with Crippen molar-refractivity contribution < 1.29 is 13.6 Å². The zero-order chi connectivity index (χ0) is 18.8. The number of anilines is 1. The van der Waals surface area contributed by atoms with Gasteiger partial charge >= 0.3 is 0 Å². The first-order valence-corrected chi connectivity index (χ1v) is 9.49. The Kier molecular flexibility index (Phi) is 4.85. The van der Waals surface area contributed by atoms with Crippen molar-refractivity contribution in [2.45, 2.75) is 0 Å². The second-order valence-electron chi connectivity index (χ2n) is 6.02. The molecule has 1 aromatic carbocycles. The highest BCUT2D eigenvalue weighted by Crippen LogP contribution is 2.29. The van der Waals surface area contributed by atoms with Crippen LogP contribution in [0.25, 0.3) is 11.7 Å². The molecule has 136 valence electrons. The van der Waals surface area contributed by atoms with Gasteiger partial charge in [-0.2, -0.15) is 10.2 Å². The quantitative estimate of drug-likeness (QED) is 0.542. The van der Waals surface area contributed by atoms with Crippen molar-refractivity contribution >= 4 is 34.4 Å². The molecule has 8 heteroatoms. The van der Waals surface area contributed by atoms with Crippen LogP contribution < -0.4 is 4.90 Å². The maximum absolute atomic E-state index is 12.7. The molecule has 1 fully saturated rings.